The van der Waals surface area contributed by atoms with E-state index in [2.05, 4.69) is 5.32 Å². The second-order valence-electron chi connectivity index (χ2n) is 10.7. The number of hydrogen-bond acceptors (Lipinski definition) is 6. The maximum absolute atomic E-state index is 14.2. The van der Waals surface area contributed by atoms with Gasteiger partial charge < -0.3 is 19.7 Å². The van der Waals surface area contributed by atoms with Crippen LogP contribution < -0.4 is 19.1 Å². The molecule has 226 valence electrons. The van der Waals surface area contributed by atoms with Gasteiger partial charge in [-0.1, -0.05) is 36.7 Å². The Morgan fingerprint density at radius 1 is 0.929 bits per heavy atom. The van der Waals surface area contributed by atoms with Crippen molar-refractivity contribution in [2.75, 3.05) is 25.1 Å². The third-order valence-electron chi connectivity index (χ3n) is 6.39. The first-order chi connectivity index (χ1) is 19.8. The number of anilines is 1. The van der Waals surface area contributed by atoms with Crippen LogP contribution in [-0.4, -0.2) is 57.5 Å². The first-order valence-electron chi connectivity index (χ1n) is 13.5. The topological polar surface area (TPSA) is 105 Å². The van der Waals surface area contributed by atoms with Crippen LogP contribution in [0.4, 0.5) is 5.69 Å². The zero-order chi connectivity index (χ0) is 31.1. The monoisotopic (exact) mass is 615 g/mol. The standard InChI is InChI=1S/C31H38ClN3O6S/c1-7-28(30(37)33-31(2,3)4)34(20-22-10-8-13-26(18-22)41-6)29(36)21-35(24-12-9-11-23(32)19-24)42(38,39)27-16-14-25(40-5)15-17-27/h8-19,28H,7,20-21H2,1-6H3,(H,33,37)/t28-/m1/s1. The number of carbonyl (C=O) groups excluding carboxylic acids is 2. The molecule has 0 spiro atoms. The largest absolute Gasteiger partial charge is 0.497 e. The summed E-state index contributed by atoms with van der Waals surface area (Å²) >= 11 is 6.24. The number of rotatable bonds is 12. The molecule has 0 aliphatic heterocycles. The number of amides is 2. The van der Waals surface area contributed by atoms with E-state index >= 15 is 0 Å². The molecule has 11 heteroatoms. The molecule has 0 unspecified atom stereocenters. The molecule has 0 radical (unpaired) electrons. The van der Waals surface area contributed by atoms with Crippen LogP contribution >= 0.6 is 11.6 Å². The average Bonchev–Trinajstić information content (AvgIpc) is 2.94. The van der Waals surface area contributed by atoms with E-state index in [1.165, 1.54) is 42.3 Å². The second kappa shape index (κ2) is 13.9. The zero-order valence-electron chi connectivity index (χ0n) is 24.8. The highest BCUT2D eigenvalue weighted by molar-refractivity contribution is 7.92. The van der Waals surface area contributed by atoms with Gasteiger partial charge >= 0.3 is 0 Å². The van der Waals surface area contributed by atoms with E-state index < -0.39 is 34.1 Å². The third kappa shape index (κ3) is 8.39. The molecule has 0 aliphatic carbocycles. The lowest BCUT2D eigenvalue weighted by atomic mass is 10.1. The first-order valence-corrected chi connectivity index (χ1v) is 15.3. The summed E-state index contributed by atoms with van der Waals surface area (Å²) in [7, 11) is -1.21. The fraction of sp³-hybridized carbons (Fsp3) is 0.355. The van der Waals surface area contributed by atoms with Gasteiger partial charge in [-0.3, -0.25) is 13.9 Å². The molecule has 0 saturated carbocycles. The number of hydrogen-bond donors (Lipinski definition) is 1. The van der Waals surface area contributed by atoms with Crippen molar-refractivity contribution in [1.82, 2.24) is 10.2 Å². The van der Waals surface area contributed by atoms with Gasteiger partial charge in [0.05, 0.1) is 24.8 Å². The van der Waals surface area contributed by atoms with Gasteiger partial charge in [0, 0.05) is 17.1 Å². The number of halogens is 1. The lowest BCUT2D eigenvalue weighted by molar-refractivity contribution is -0.141. The van der Waals surface area contributed by atoms with Gasteiger partial charge in [-0.25, -0.2) is 8.42 Å². The molecular formula is C31H38ClN3O6S. The van der Waals surface area contributed by atoms with E-state index in [9.17, 15) is 18.0 Å². The summed E-state index contributed by atoms with van der Waals surface area (Å²) in [5.41, 5.74) is 0.386. The molecule has 1 N–H and O–H groups in total. The predicted molar refractivity (Wildman–Crippen MR) is 164 cm³/mol. The Balaban J connectivity index is 2.08. The number of nitrogens with one attached hydrogen (secondary N) is 1. The Kier molecular flexibility index (Phi) is 10.9. The van der Waals surface area contributed by atoms with Crippen LogP contribution in [0, 0.1) is 0 Å². The van der Waals surface area contributed by atoms with E-state index in [1.807, 2.05) is 33.8 Å². The first kappa shape index (κ1) is 32.8. The van der Waals surface area contributed by atoms with E-state index in [4.69, 9.17) is 21.1 Å². The van der Waals surface area contributed by atoms with Crippen LogP contribution in [0.1, 0.15) is 39.7 Å². The van der Waals surface area contributed by atoms with Crippen LogP contribution in [0.3, 0.4) is 0 Å². The molecule has 0 aromatic heterocycles. The van der Waals surface area contributed by atoms with E-state index in [0.717, 1.165) is 9.87 Å². The van der Waals surface area contributed by atoms with Gasteiger partial charge in [-0.15, -0.1) is 0 Å². The smallest absolute Gasteiger partial charge is 0.264 e. The number of benzene rings is 3. The van der Waals surface area contributed by atoms with Crippen molar-refractivity contribution in [1.29, 1.82) is 0 Å². The lowest BCUT2D eigenvalue weighted by Crippen LogP contribution is -2.55. The molecule has 0 saturated heterocycles. The minimum atomic E-state index is -4.24. The predicted octanol–water partition coefficient (Wildman–Crippen LogP) is 5.27. The van der Waals surface area contributed by atoms with Crippen molar-refractivity contribution in [3.05, 3.63) is 83.4 Å². The summed E-state index contributed by atoms with van der Waals surface area (Å²) in [5, 5.41) is 3.26. The van der Waals surface area contributed by atoms with Crippen molar-refractivity contribution >= 4 is 39.1 Å². The minimum Gasteiger partial charge on any atom is -0.497 e. The molecule has 0 fully saturated rings. The minimum absolute atomic E-state index is 0.0343. The average molecular weight is 616 g/mol. The number of ether oxygens (including phenoxy) is 2. The quantitative estimate of drug-likeness (QED) is 0.297. The molecule has 1 atom stereocenters. The maximum atomic E-state index is 14.2. The summed E-state index contributed by atoms with van der Waals surface area (Å²) in [6.45, 7) is 6.86. The van der Waals surface area contributed by atoms with Crippen LogP contribution in [0.25, 0.3) is 0 Å². The molecule has 3 aromatic rings. The highest BCUT2D eigenvalue weighted by atomic mass is 35.5. The fourth-order valence-electron chi connectivity index (χ4n) is 4.37. The SMILES string of the molecule is CC[C@H](C(=O)NC(C)(C)C)N(Cc1cccc(OC)c1)C(=O)CN(c1cccc(Cl)c1)S(=O)(=O)c1ccc(OC)cc1. The molecule has 2 amide bonds. The molecule has 0 aliphatic rings. The molecule has 0 bridgehead atoms. The number of methoxy groups -OCH3 is 2. The molecular weight excluding hydrogens is 578 g/mol. The van der Waals surface area contributed by atoms with Crippen molar-refractivity contribution in [3.63, 3.8) is 0 Å². The molecule has 9 nitrogen and oxygen atoms in total. The number of nitrogens with zero attached hydrogens (tertiary/aromatic N) is 2. The van der Waals surface area contributed by atoms with Crippen molar-refractivity contribution < 1.29 is 27.5 Å². The second-order valence-corrected chi connectivity index (χ2v) is 13.0. The molecule has 0 heterocycles. The van der Waals surface area contributed by atoms with E-state index in [0.29, 0.717) is 22.9 Å². The Morgan fingerprint density at radius 3 is 2.14 bits per heavy atom. The lowest BCUT2D eigenvalue weighted by Gasteiger charge is -2.34. The highest BCUT2D eigenvalue weighted by Crippen LogP contribution is 2.28. The van der Waals surface area contributed by atoms with Crippen molar-refractivity contribution in [2.24, 2.45) is 0 Å². The summed E-state index contributed by atoms with van der Waals surface area (Å²) in [4.78, 5) is 29.0. The van der Waals surface area contributed by atoms with Crippen LogP contribution in [-0.2, 0) is 26.2 Å². The van der Waals surface area contributed by atoms with Crippen LogP contribution in [0.2, 0.25) is 5.02 Å². The van der Waals surface area contributed by atoms with E-state index in [-0.39, 0.29) is 23.0 Å². The Morgan fingerprint density at radius 2 is 1.57 bits per heavy atom. The normalized spacial score (nSPS) is 12.3. The summed E-state index contributed by atoms with van der Waals surface area (Å²) in [6.07, 6.45) is 0.306. The van der Waals surface area contributed by atoms with Gasteiger partial charge in [0.1, 0.15) is 24.1 Å². The summed E-state index contributed by atoms with van der Waals surface area (Å²) < 4.78 is 39.5. The molecule has 3 aromatic carbocycles. The van der Waals surface area contributed by atoms with Crippen LogP contribution in [0.5, 0.6) is 11.5 Å². The zero-order valence-corrected chi connectivity index (χ0v) is 26.3. The molecule has 42 heavy (non-hydrogen) atoms. The van der Waals surface area contributed by atoms with Gasteiger partial charge in [0.25, 0.3) is 10.0 Å². The van der Waals surface area contributed by atoms with Crippen LogP contribution in [0.15, 0.2) is 77.7 Å². The fourth-order valence-corrected chi connectivity index (χ4v) is 5.97. The van der Waals surface area contributed by atoms with E-state index in [1.54, 1.807) is 43.5 Å². The van der Waals surface area contributed by atoms with Gasteiger partial charge in [-0.2, -0.15) is 0 Å². The maximum Gasteiger partial charge on any atom is 0.264 e. The van der Waals surface area contributed by atoms with Crippen molar-refractivity contribution in [2.45, 2.75) is 57.1 Å². The van der Waals surface area contributed by atoms with Gasteiger partial charge in [-0.05, 0) is 87.4 Å². The number of carbonyl (C=O) groups is 2. The summed E-state index contributed by atoms with van der Waals surface area (Å²) in [5.74, 6) is 0.175. The Bertz CT molecular complexity index is 1490. The highest BCUT2D eigenvalue weighted by Gasteiger charge is 2.34. The molecule has 3 rings (SSSR count). The Labute approximate surface area is 253 Å². The van der Waals surface area contributed by atoms with Gasteiger partial charge in [0.15, 0.2) is 0 Å². The Hall–Kier alpha value is -3.76. The van der Waals surface area contributed by atoms with Gasteiger partial charge in [0.2, 0.25) is 11.8 Å². The summed E-state index contributed by atoms with van der Waals surface area (Å²) in [6, 6.07) is 18.5. The van der Waals surface area contributed by atoms with Crippen molar-refractivity contribution in [3.8, 4) is 11.5 Å². The third-order valence-corrected chi connectivity index (χ3v) is 8.42. The number of sulfonamides is 1.